The molecular weight excluding hydrogens is 268 g/mol. The van der Waals surface area contributed by atoms with Gasteiger partial charge in [-0.2, -0.15) is 0 Å². The molecule has 0 aliphatic heterocycles. The first-order valence-corrected chi connectivity index (χ1v) is 8.31. The maximum Gasteiger partial charge on any atom is 0.315 e. The van der Waals surface area contributed by atoms with Crippen molar-refractivity contribution in [3.05, 3.63) is 0 Å². The Morgan fingerprint density at radius 2 is 2.00 bits per heavy atom. The topological polar surface area (TPSA) is 70.6 Å². The fourth-order valence-corrected chi connectivity index (χ4v) is 3.50. The first-order chi connectivity index (χ1) is 10.2. The van der Waals surface area contributed by atoms with Crippen LogP contribution in [-0.2, 0) is 4.74 Å². The lowest BCUT2D eigenvalue weighted by atomic mass is 9.67. The van der Waals surface area contributed by atoms with Crippen LogP contribution in [0.4, 0.5) is 4.79 Å². The second kappa shape index (κ2) is 7.99. The van der Waals surface area contributed by atoms with E-state index in [1.165, 1.54) is 19.3 Å². The smallest absolute Gasteiger partial charge is 0.315 e. The first-order valence-electron chi connectivity index (χ1n) is 8.31. The summed E-state index contributed by atoms with van der Waals surface area (Å²) in [5, 5.41) is 15.3. The maximum absolute atomic E-state index is 12.0. The highest BCUT2D eigenvalue weighted by Crippen LogP contribution is 2.43. The molecule has 5 heteroatoms. The van der Waals surface area contributed by atoms with E-state index in [0.29, 0.717) is 5.92 Å². The molecule has 2 amide bonds. The molecule has 5 nitrogen and oxygen atoms in total. The second-order valence-corrected chi connectivity index (χ2v) is 6.82. The van der Waals surface area contributed by atoms with Gasteiger partial charge < -0.3 is 20.5 Å². The Labute approximate surface area is 127 Å². The van der Waals surface area contributed by atoms with E-state index in [0.717, 1.165) is 45.3 Å². The minimum Gasteiger partial charge on any atom is -0.396 e. The summed E-state index contributed by atoms with van der Waals surface area (Å²) in [5.41, 5.74) is 0.266. The highest BCUT2D eigenvalue weighted by molar-refractivity contribution is 5.74. The molecule has 0 spiro atoms. The van der Waals surface area contributed by atoms with Gasteiger partial charge in [0.1, 0.15) is 0 Å². The lowest BCUT2D eigenvalue weighted by molar-refractivity contribution is 0.0709. The number of carbonyl (C=O) groups excluding carboxylic acids is 1. The lowest BCUT2D eigenvalue weighted by Gasteiger charge is -2.42. The van der Waals surface area contributed by atoms with Crippen molar-refractivity contribution in [1.29, 1.82) is 0 Å². The molecular formula is C16H30N2O3. The predicted molar refractivity (Wildman–Crippen MR) is 82.1 cm³/mol. The van der Waals surface area contributed by atoms with Crippen molar-refractivity contribution >= 4 is 6.03 Å². The maximum atomic E-state index is 12.0. The molecule has 0 radical (unpaired) electrons. The molecule has 0 atom stereocenters. The highest BCUT2D eigenvalue weighted by Gasteiger charge is 2.36. The predicted octanol–water partition coefficient (Wildman–Crippen LogP) is 2.04. The van der Waals surface area contributed by atoms with Crippen LogP contribution in [0.5, 0.6) is 0 Å². The van der Waals surface area contributed by atoms with Gasteiger partial charge in [0.05, 0.1) is 0 Å². The van der Waals surface area contributed by atoms with Gasteiger partial charge in [-0.3, -0.25) is 0 Å². The molecule has 0 aromatic carbocycles. The Morgan fingerprint density at radius 1 is 1.29 bits per heavy atom. The van der Waals surface area contributed by atoms with Crippen LogP contribution in [-0.4, -0.2) is 44.0 Å². The van der Waals surface area contributed by atoms with Gasteiger partial charge in [-0.15, -0.1) is 0 Å². The van der Waals surface area contributed by atoms with Gasteiger partial charge >= 0.3 is 6.03 Å². The number of ether oxygens (including phenoxy) is 1. The molecule has 2 rings (SSSR count). The van der Waals surface area contributed by atoms with Gasteiger partial charge in [0.25, 0.3) is 0 Å². The zero-order valence-corrected chi connectivity index (χ0v) is 13.2. The quantitative estimate of drug-likeness (QED) is 0.673. The standard InChI is InChI=1S/C16H30N2O3/c1-21-10-9-16(7-2-8-16)12-17-15(20)18-14-5-3-13(11-19)4-6-14/h13-14,19H,2-12H2,1H3,(H2,17,18,20). The van der Waals surface area contributed by atoms with Crippen molar-refractivity contribution in [2.24, 2.45) is 11.3 Å². The average Bonchev–Trinajstić information content (AvgIpc) is 2.46. The minimum absolute atomic E-state index is 0.0360. The van der Waals surface area contributed by atoms with E-state index in [2.05, 4.69) is 10.6 Å². The van der Waals surface area contributed by atoms with Crippen molar-refractivity contribution in [2.45, 2.75) is 57.4 Å². The molecule has 3 N–H and O–H groups in total. The number of aliphatic hydroxyl groups is 1. The molecule has 2 aliphatic carbocycles. The third-order valence-electron chi connectivity index (χ3n) is 5.31. The summed E-state index contributed by atoms with van der Waals surface area (Å²) in [4.78, 5) is 12.0. The van der Waals surface area contributed by atoms with Gasteiger partial charge in [0.2, 0.25) is 0 Å². The molecule has 0 heterocycles. The molecule has 122 valence electrons. The number of nitrogens with one attached hydrogen (secondary N) is 2. The second-order valence-electron chi connectivity index (χ2n) is 6.82. The summed E-state index contributed by atoms with van der Waals surface area (Å²) >= 11 is 0. The molecule has 0 unspecified atom stereocenters. The van der Waals surface area contributed by atoms with Crippen LogP contribution in [0.2, 0.25) is 0 Å². The molecule has 0 bridgehead atoms. The Bertz CT molecular complexity index is 323. The Morgan fingerprint density at radius 3 is 2.52 bits per heavy atom. The number of carbonyl (C=O) groups is 1. The van der Waals surface area contributed by atoms with Crippen LogP contribution < -0.4 is 10.6 Å². The van der Waals surface area contributed by atoms with E-state index >= 15 is 0 Å². The largest absolute Gasteiger partial charge is 0.396 e. The summed E-state index contributed by atoms with van der Waals surface area (Å²) in [7, 11) is 1.73. The highest BCUT2D eigenvalue weighted by atomic mass is 16.5. The van der Waals surface area contributed by atoms with Crippen LogP contribution >= 0.6 is 0 Å². The summed E-state index contributed by atoms with van der Waals surface area (Å²) < 4.78 is 5.17. The number of hydrogen-bond donors (Lipinski definition) is 3. The third kappa shape index (κ3) is 4.85. The van der Waals surface area contributed by atoms with E-state index in [4.69, 9.17) is 9.84 Å². The van der Waals surface area contributed by atoms with Crippen LogP contribution in [0.25, 0.3) is 0 Å². The van der Waals surface area contributed by atoms with Crippen molar-refractivity contribution in [3.8, 4) is 0 Å². The van der Waals surface area contributed by atoms with Gasteiger partial charge in [-0.05, 0) is 56.3 Å². The molecule has 0 aromatic rings. The SMILES string of the molecule is COCCC1(CNC(=O)NC2CCC(CO)CC2)CCC1. The molecule has 2 fully saturated rings. The van der Waals surface area contributed by atoms with Gasteiger partial charge in [0.15, 0.2) is 0 Å². The van der Waals surface area contributed by atoms with Crippen molar-refractivity contribution in [2.75, 3.05) is 26.9 Å². The van der Waals surface area contributed by atoms with Crippen LogP contribution in [0.3, 0.4) is 0 Å². The fraction of sp³-hybridized carbons (Fsp3) is 0.938. The number of urea groups is 1. The van der Waals surface area contributed by atoms with Crippen molar-refractivity contribution in [1.82, 2.24) is 10.6 Å². The first kappa shape index (κ1) is 16.6. The number of aliphatic hydroxyl groups excluding tert-OH is 1. The summed E-state index contributed by atoms with van der Waals surface area (Å²) in [5.74, 6) is 0.429. The summed E-state index contributed by atoms with van der Waals surface area (Å²) in [6, 6.07) is 0.232. The number of rotatable bonds is 7. The van der Waals surface area contributed by atoms with Gasteiger partial charge in [0, 0.05) is 32.9 Å². The zero-order valence-electron chi connectivity index (χ0n) is 13.2. The Balaban J connectivity index is 1.65. The van der Waals surface area contributed by atoms with Crippen LogP contribution in [0.15, 0.2) is 0 Å². The lowest BCUT2D eigenvalue weighted by Crippen LogP contribution is -2.49. The molecule has 2 saturated carbocycles. The van der Waals surface area contributed by atoms with Crippen LogP contribution in [0.1, 0.15) is 51.4 Å². The minimum atomic E-state index is -0.0360. The third-order valence-corrected chi connectivity index (χ3v) is 5.31. The van der Waals surface area contributed by atoms with E-state index < -0.39 is 0 Å². The molecule has 0 saturated heterocycles. The Hall–Kier alpha value is -0.810. The zero-order chi connectivity index (χ0) is 15.1. The Kier molecular flexibility index (Phi) is 6.30. The number of hydrogen-bond acceptors (Lipinski definition) is 3. The summed E-state index contributed by atoms with van der Waals surface area (Å²) in [6.07, 6.45) is 8.67. The normalized spacial score (nSPS) is 27.7. The van der Waals surface area contributed by atoms with E-state index in [9.17, 15) is 4.79 Å². The van der Waals surface area contributed by atoms with Crippen molar-refractivity contribution in [3.63, 3.8) is 0 Å². The summed E-state index contributed by atoms with van der Waals surface area (Å²) in [6.45, 7) is 1.81. The fourth-order valence-electron chi connectivity index (χ4n) is 3.50. The van der Waals surface area contributed by atoms with Gasteiger partial charge in [-0.1, -0.05) is 6.42 Å². The van der Waals surface area contributed by atoms with Gasteiger partial charge in [-0.25, -0.2) is 4.79 Å². The average molecular weight is 298 g/mol. The van der Waals surface area contributed by atoms with Crippen LogP contribution in [0, 0.1) is 11.3 Å². The van der Waals surface area contributed by atoms with E-state index in [1.54, 1.807) is 7.11 Å². The number of amides is 2. The molecule has 2 aliphatic rings. The number of methoxy groups -OCH3 is 1. The molecule has 21 heavy (non-hydrogen) atoms. The van der Waals surface area contributed by atoms with E-state index in [-0.39, 0.29) is 24.1 Å². The van der Waals surface area contributed by atoms with E-state index in [1.807, 2.05) is 0 Å². The monoisotopic (exact) mass is 298 g/mol. The van der Waals surface area contributed by atoms with Crippen molar-refractivity contribution < 1.29 is 14.6 Å². The molecule has 0 aromatic heterocycles.